The van der Waals surface area contributed by atoms with E-state index in [0.29, 0.717) is 6.54 Å². The maximum Gasteiger partial charge on any atom is 0.246 e. The van der Waals surface area contributed by atoms with E-state index >= 15 is 0 Å². The molecule has 0 aliphatic carbocycles. The van der Waals surface area contributed by atoms with Gasteiger partial charge in [-0.1, -0.05) is 25.0 Å². The highest BCUT2D eigenvalue weighted by atomic mass is 127. The summed E-state index contributed by atoms with van der Waals surface area (Å²) in [5, 5.41) is 13.8. The second-order valence-corrected chi connectivity index (χ2v) is 8.18. The molecule has 0 atom stereocenters. The summed E-state index contributed by atoms with van der Waals surface area (Å²) in [6, 6.07) is 9.62. The van der Waals surface area contributed by atoms with Crippen molar-refractivity contribution in [1.29, 1.82) is 0 Å². The minimum Gasteiger partial charge on any atom is -0.357 e. The monoisotopic (exact) mass is 567 g/mol. The lowest BCUT2D eigenvalue weighted by molar-refractivity contribution is -0.116. The predicted octanol–water partition coefficient (Wildman–Crippen LogP) is 3.46. The van der Waals surface area contributed by atoms with E-state index in [1.165, 1.54) is 38.8 Å². The Morgan fingerprint density at radius 2 is 1.94 bits per heavy atom. The van der Waals surface area contributed by atoms with Gasteiger partial charge in [0.25, 0.3) is 0 Å². The first-order valence-electron chi connectivity index (χ1n) is 11.8. The summed E-state index contributed by atoms with van der Waals surface area (Å²) in [6.45, 7) is 8.17. The minimum atomic E-state index is -0.103. The van der Waals surface area contributed by atoms with Crippen molar-refractivity contribution in [3.63, 3.8) is 0 Å². The van der Waals surface area contributed by atoms with Gasteiger partial charge in [0.2, 0.25) is 5.91 Å². The van der Waals surface area contributed by atoms with Crippen molar-refractivity contribution in [1.82, 2.24) is 25.3 Å². The average molecular weight is 568 g/mol. The van der Waals surface area contributed by atoms with Crippen LogP contribution < -0.4 is 16.0 Å². The van der Waals surface area contributed by atoms with Crippen LogP contribution >= 0.6 is 24.0 Å². The van der Waals surface area contributed by atoms with E-state index in [0.717, 1.165) is 43.3 Å². The van der Waals surface area contributed by atoms with E-state index in [4.69, 9.17) is 4.99 Å². The first-order valence-corrected chi connectivity index (χ1v) is 11.8. The molecule has 1 amide bonds. The minimum absolute atomic E-state index is 0. The summed E-state index contributed by atoms with van der Waals surface area (Å²) in [6.07, 6.45) is 9.97. The molecule has 0 bridgehead atoms. The number of carbonyl (C=O) groups is 1. The van der Waals surface area contributed by atoms with Crippen molar-refractivity contribution in [2.75, 3.05) is 38.0 Å². The maximum absolute atomic E-state index is 12.2. The maximum atomic E-state index is 12.2. The summed E-state index contributed by atoms with van der Waals surface area (Å²) < 4.78 is 1.60. The number of carbonyl (C=O) groups excluding carboxylic acids is 1. The standard InChI is InChI=1S/C24H37N7O.HI/c1-2-25-24(26-12-8-16-30-14-5-3-4-6-15-30)27-19-21-10-7-11-22(18-21)29-23(32)20-31-17-9-13-28-31;/h7,9-11,13,17-18H,2-6,8,12,14-16,19-20H2,1H3,(H,29,32)(H2,25,26,27);1H. The lowest BCUT2D eigenvalue weighted by atomic mass is 10.2. The first-order chi connectivity index (χ1) is 15.7. The van der Waals surface area contributed by atoms with Crippen LogP contribution in [0.25, 0.3) is 0 Å². The van der Waals surface area contributed by atoms with Crippen LogP contribution in [0.5, 0.6) is 0 Å². The lowest BCUT2D eigenvalue weighted by Gasteiger charge is -2.20. The van der Waals surface area contributed by atoms with Crippen molar-refractivity contribution in [2.24, 2.45) is 4.99 Å². The van der Waals surface area contributed by atoms with Crippen LogP contribution in [0.3, 0.4) is 0 Å². The third-order valence-corrected chi connectivity index (χ3v) is 5.48. The number of hydrogen-bond acceptors (Lipinski definition) is 4. The zero-order valence-corrected chi connectivity index (χ0v) is 22.0. The van der Waals surface area contributed by atoms with Gasteiger partial charge in [0, 0.05) is 31.2 Å². The molecule has 0 spiro atoms. The van der Waals surface area contributed by atoms with Crippen LogP contribution in [-0.4, -0.2) is 59.3 Å². The Morgan fingerprint density at radius 3 is 2.67 bits per heavy atom. The van der Waals surface area contributed by atoms with E-state index in [-0.39, 0.29) is 36.4 Å². The molecule has 182 valence electrons. The molecule has 3 N–H and O–H groups in total. The number of nitrogens with zero attached hydrogens (tertiary/aromatic N) is 4. The summed E-state index contributed by atoms with van der Waals surface area (Å²) in [4.78, 5) is 19.5. The smallest absolute Gasteiger partial charge is 0.246 e. The Balaban J connectivity index is 0.00000385. The molecule has 1 aromatic carbocycles. The van der Waals surface area contributed by atoms with Gasteiger partial charge in [-0.15, -0.1) is 24.0 Å². The molecule has 2 heterocycles. The number of nitrogens with one attached hydrogen (secondary N) is 3. The summed E-state index contributed by atoms with van der Waals surface area (Å²) in [7, 11) is 0. The molecule has 9 heteroatoms. The topological polar surface area (TPSA) is 86.6 Å². The predicted molar refractivity (Wildman–Crippen MR) is 145 cm³/mol. The number of hydrogen-bond donors (Lipinski definition) is 3. The third kappa shape index (κ3) is 10.6. The van der Waals surface area contributed by atoms with Crippen LogP contribution in [0.2, 0.25) is 0 Å². The molecule has 2 aromatic rings. The zero-order valence-electron chi connectivity index (χ0n) is 19.6. The Hall–Kier alpha value is -2.14. The van der Waals surface area contributed by atoms with E-state index in [9.17, 15) is 4.79 Å². The molecular formula is C24H38IN7O. The fourth-order valence-electron chi connectivity index (χ4n) is 3.87. The van der Waals surface area contributed by atoms with Crippen LogP contribution in [0.4, 0.5) is 5.69 Å². The number of halogens is 1. The van der Waals surface area contributed by atoms with Crippen LogP contribution in [0, 0.1) is 0 Å². The molecule has 1 saturated heterocycles. The van der Waals surface area contributed by atoms with Crippen molar-refractivity contribution in [3.8, 4) is 0 Å². The van der Waals surface area contributed by atoms with Gasteiger partial charge in [0.15, 0.2) is 5.96 Å². The SMILES string of the molecule is CCNC(=NCc1cccc(NC(=O)Cn2cccn2)c1)NCCCN1CCCCCC1.I. The third-order valence-electron chi connectivity index (χ3n) is 5.48. The zero-order chi connectivity index (χ0) is 22.4. The lowest BCUT2D eigenvalue weighted by Crippen LogP contribution is -2.39. The Bertz CT molecular complexity index is 833. The van der Waals surface area contributed by atoms with Crippen molar-refractivity contribution in [2.45, 2.75) is 52.1 Å². The van der Waals surface area contributed by atoms with E-state index < -0.39 is 0 Å². The van der Waals surface area contributed by atoms with Crippen molar-refractivity contribution >= 4 is 41.5 Å². The van der Waals surface area contributed by atoms with Gasteiger partial charge in [-0.2, -0.15) is 5.10 Å². The molecule has 1 aromatic heterocycles. The largest absolute Gasteiger partial charge is 0.357 e. The summed E-state index contributed by atoms with van der Waals surface area (Å²) in [5.74, 6) is 0.727. The summed E-state index contributed by atoms with van der Waals surface area (Å²) >= 11 is 0. The normalized spacial score (nSPS) is 14.8. The van der Waals surface area contributed by atoms with Crippen molar-refractivity contribution < 1.29 is 4.79 Å². The average Bonchev–Trinajstić information content (AvgIpc) is 3.15. The molecule has 1 fully saturated rings. The molecule has 0 saturated carbocycles. The molecule has 3 rings (SSSR count). The van der Waals surface area contributed by atoms with Gasteiger partial charge in [-0.05, 0) is 69.6 Å². The van der Waals surface area contributed by atoms with Crippen molar-refractivity contribution in [3.05, 3.63) is 48.3 Å². The molecular weight excluding hydrogens is 529 g/mol. The van der Waals surface area contributed by atoms with Crippen LogP contribution in [0.15, 0.2) is 47.7 Å². The fourth-order valence-corrected chi connectivity index (χ4v) is 3.87. The van der Waals surface area contributed by atoms with E-state index in [1.54, 1.807) is 23.1 Å². The number of aromatic nitrogens is 2. The van der Waals surface area contributed by atoms with Gasteiger partial charge in [-0.25, -0.2) is 4.99 Å². The molecule has 1 aliphatic rings. The highest BCUT2D eigenvalue weighted by Crippen LogP contribution is 2.12. The Labute approximate surface area is 214 Å². The number of guanidine groups is 1. The quantitative estimate of drug-likeness (QED) is 0.177. The first kappa shape index (κ1) is 27.1. The van der Waals surface area contributed by atoms with Gasteiger partial charge in [0.05, 0.1) is 6.54 Å². The number of benzene rings is 1. The number of likely N-dealkylation sites (tertiary alicyclic amines) is 1. The van der Waals surface area contributed by atoms with Crippen LogP contribution in [0.1, 0.15) is 44.6 Å². The molecule has 1 aliphatic heterocycles. The second kappa shape index (κ2) is 15.7. The van der Waals surface area contributed by atoms with Gasteiger partial charge in [0.1, 0.15) is 6.54 Å². The van der Waals surface area contributed by atoms with Gasteiger partial charge < -0.3 is 20.9 Å². The number of amides is 1. The van der Waals surface area contributed by atoms with Gasteiger partial charge >= 0.3 is 0 Å². The molecule has 0 unspecified atom stereocenters. The number of anilines is 1. The molecule has 8 nitrogen and oxygen atoms in total. The number of aliphatic imine (C=N–C) groups is 1. The second-order valence-electron chi connectivity index (χ2n) is 8.18. The number of rotatable bonds is 10. The Kier molecular flexibility index (Phi) is 12.9. The van der Waals surface area contributed by atoms with Gasteiger partial charge in [-0.3, -0.25) is 9.48 Å². The van der Waals surface area contributed by atoms with Crippen LogP contribution in [-0.2, 0) is 17.9 Å². The fraction of sp³-hybridized carbons (Fsp3) is 0.542. The summed E-state index contributed by atoms with van der Waals surface area (Å²) in [5.41, 5.74) is 1.81. The highest BCUT2D eigenvalue weighted by Gasteiger charge is 2.08. The molecule has 0 radical (unpaired) electrons. The Morgan fingerprint density at radius 1 is 1.12 bits per heavy atom. The highest BCUT2D eigenvalue weighted by molar-refractivity contribution is 14.0. The van der Waals surface area contributed by atoms with E-state index in [2.05, 4.69) is 32.9 Å². The molecule has 33 heavy (non-hydrogen) atoms. The van der Waals surface area contributed by atoms with E-state index in [1.807, 2.05) is 24.3 Å².